The van der Waals surface area contributed by atoms with Crippen molar-refractivity contribution in [2.45, 2.75) is 19.4 Å². The highest BCUT2D eigenvalue weighted by atomic mass is 35.5. The molecular weight excluding hydrogens is 299 g/mol. The predicted octanol–water partition coefficient (Wildman–Crippen LogP) is 3.50. The molecule has 1 unspecified atom stereocenters. The van der Waals surface area contributed by atoms with Crippen molar-refractivity contribution < 1.29 is 9.90 Å². The van der Waals surface area contributed by atoms with Crippen LogP contribution >= 0.6 is 23.2 Å². The lowest BCUT2D eigenvalue weighted by Crippen LogP contribution is -2.25. The average molecular weight is 311 g/mol. The van der Waals surface area contributed by atoms with Crippen LogP contribution in [0.2, 0.25) is 10.2 Å². The average Bonchev–Trinajstić information content (AvgIpc) is 2.76. The number of hydrogen-bond acceptors (Lipinski definition) is 2. The maximum atomic E-state index is 11.1. The van der Waals surface area contributed by atoms with Gasteiger partial charge < -0.3 is 9.67 Å². The van der Waals surface area contributed by atoms with Crippen LogP contribution in [-0.2, 0) is 17.8 Å². The molecule has 1 N–H and O–H groups in total. The molecule has 1 aromatic heterocycles. The van der Waals surface area contributed by atoms with Crippen molar-refractivity contribution in [3.05, 3.63) is 40.1 Å². The third kappa shape index (κ3) is 2.19. The summed E-state index contributed by atoms with van der Waals surface area (Å²) in [5, 5.41) is 10.1. The number of aliphatic carboxylic acids is 1. The maximum Gasteiger partial charge on any atom is 0.306 e. The smallest absolute Gasteiger partial charge is 0.306 e. The van der Waals surface area contributed by atoms with Crippen LogP contribution in [0.15, 0.2) is 24.3 Å². The van der Waals surface area contributed by atoms with E-state index in [0.29, 0.717) is 35.4 Å². The van der Waals surface area contributed by atoms with Gasteiger partial charge in [-0.15, -0.1) is 0 Å². The van der Waals surface area contributed by atoms with E-state index >= 15 is 0 Å². The number of carboxylic acids is 1. The fourth-order valence-electron chi connectivity index (χ4n) is 2.57. The molecule has 1 atom stereocenters. The van der Waals surface area contributed by atoms with Gasteiger partial charge in [0.05, 0.1) is 16.6 Å². The predicted molar refractivity (Wildman–Crippen MR) is 77.1 cm³/mol. The van der Waals surface area contributed by atoms with Crippen molar-refractivity contribution in [1.29, 1.82) is 0 Å². The standard InChI is InChI=1S/C14H12Cl2N2O2/c15-10-4-2-1-3-9(10)13-17-12(16)11-7-8(14(19)20)5-6-18(11)13/h1-4,8H,5-7H2,(H,19,20). The molecule has 0 amide bonds. The summed E-state index contributed by atoms with van der Waals surface area (Å²) in [7, 11) is 0. The quantitative estimate of drug-likeness (QED) is 0.923. The normalized spacial score (nSPS) is 17.8. The van der Waals surface area contributed by atoms with Crippen LogP contribution in [0.5, 0.6) is 0 Å². The van der Waals surface area contributed by atoms with E-state index in [0.717, 1.165) is 11.3 Å². The number of carbonyl (C=O) groups is 1. The van der Waals surface area contributed by atoms with Gasteiger partial charge in [0.2, 0.25) is 0 Å². The molecule has 0 fully saturated rings. The second-order valence-corrected chi connectivity index (χ2v) is 5.60. The lowest BCUT2D eigenvalue weighted by atomic mass is 9.96. The Balaban J connectivity index is 2.07. The molecule has 2 heterocycles. The highest BCUT2D eigenvalue weighted by Crippen LogP contribution is 2.34. The number of benzene rings is 1. The van der Waals surface area contributed by atoms with E-state index in [9.17, 15) is 4.79 Å². The van der Waals surface area contributed by atoms with Gasteiger partial charge in [-0.25, -0.2) is 4.98 Å². The van der Waals surface area contributed by atoms with Gasteiger partial charge in [0.1, 0.15) is 5.82 Å². The van der Waals surface area contributed by atoms with Crippen molar-refractivity contribution in [3.8, 4) is 11.4 Å². The Morgan fingerprint density at radius 3 is 2.80 bits per heavy atom. The SMILES string of the molecule is O=C(O)C1CCn2c(-c3ccccc3Cl)nc(Cl)c2C1. The fourth-order valence-corrected chi connectivity index (χ4v) is 3.05. The third-order valence-electron chi connectivity index (χ3n) is 3.63. The van der Waals surface area contributed by atoms with E-state index in [1.165, 1.54) is 0 Å². The number of hydrogen-bond donors (Lipinski definition) is 1. The summed E-state index contributed by atoms with van der Waals surface area (Å²) in [6.45, 7) is 0.590. The lowest BCUT2D eigenvalue weighted by Gasteiger charge is -2.22. The van der Waals surface area contributed by atoms with Crippen molar-refractivity contribution >= 4 is 29.2 Å². The number of carboxylic acid groups (broad SMARTS) is 1. The number of fused-ring (bicyclic) bond motifs is 1. The summed E-state index contributed by atoms with van der Waals surface area (Å²) in [5.41, 5.74) is 1.59. The highest BCUT2D eigenvalue weighted by molar-refractivity contribution is 6.33. The summed E-state index contributed by atoms with van der Waals surface area (Å²) < 4.78 is 1.98. The number of halogens is 2. The topological polar surface area (TPSA) is 55.1 Å². The summed E-state index contributed by atoms with van der Waals surface area (Å²) in [6.07, 6.45) is 0.984. The second-order valence-electron chi connectivity index (χ2n) is 4.83. The first-order valence-corrected chi connectivity index (χ1v) is 7.06. The minimum absolute atomic E-state index is 0.367. The first-order valence-electron chi connectivity index (χ1n) is 6.30. The van der Waals surface area contributed by atoms with Crippen LogP contribution in [0.25, 0.3) is 11.4 Å². The minimum Gasteiger partial charge on any atom is -0.481 e. The van der Waals surface area contributed by atoms with Gasteiger partial charge in [-0.2, -0.15) is 0 Å². The zero-order valence-electron chi connectivity index (χ0n) is 10.5. The molecule has 0 saturated carbocycles. The second kappa shape index (κ2) is 5.11. The Morgan fingerprint density at radius 2 is 2.10 bits per heavy atom. The largest absolute Gasteiger partial charge is 0.481 e. The van der Waals surface area contributed by atoms with E-state index in [2.05, 4.69) is 4.98 Å². The molecule has 0 saturated heterocycles. The summed E-state index contributed by atoms with van der Waals surface area (Å²) in [4.78, 5) is 15.5. The third-order valence-corrected chi connectivity index (χ3v) is 4.26. The summed E-state index contributed by atoms with van der Waals surface area (Å²) in [6, 6.07) is 7.43. The van der Waals surface area contributed by atoms with Crippen LogP contribution < -0.4 is 0 Å². The van der Waals surface area contributed by atoms with E-state index in [-0.39, 0.29) is 0 Å². The van der Waals surface area contributed by atoms with E-state index in [1.54, 1.807) is 6.07 Å². The van der Waals surface area contributed by atoms with Gasteiger partial charge >= 0.3 is 5.97 Å². The molecule has 1 aromatic carbocycles. The molecule has 1 aliphatic heterocycles. The maximum absolute atomic E-state index is 11.1. The first kappa shape index (κ1) is 13.5. The van der Waals surface area contributed by atoms with Gasteiger partial charge in [0, 0.05) is 18.5 Å². The molecule has 0 aliphatic carbocycles. The fraction of sp³-hybridized carbons (Fsp3) is 0.286. The summed E-state index contributed by atoms with van der Waals surface area (Å²) >= 11 is 12.4. The number of aromatic nitrogens is 2. The molecule has 0 spiro atoms. The molecular formula is C14H12Cl2N2O2. The lowest BCUT2D eigenvalue weighted by molar-refractivity contribution is -0.142. The van der Waals surface area contributed by atoms with Crippen LogP contribution in [0.3, 0.4) is 0 Å². The van der Waals surface area contributed by atoms with Crippen LogP contribution in [0.1, 0.15) is 12.1 Å². The van der Waals surface area contributed by atoms with E-state index < -0.39 is 11.9 Å². The number of rotatable bonds is 2. The highest BCUT2D eigenvalue weighted by Gasteiger charge is 2.29. The Hall–Kier alpha value is -1.52. The van der Waals surface area contributed by atoms with Gasteiger partial charge in [0.15, 0.2) is 5.15 Å². The van der Waals surface area contributed by atoms with Crippen molar-refractivity contribution in [3.63, 3.8) is 0 Å². The van der Waals surface area contributed by atoms with E-state index in [4.69, 9.17) is 28.3 Å². The molecule has 1 aliphatic rings. The molecule has 104 valence electrons. The molecule has 6 heteroatoms. The Morgan fingerprint density at radius 1 is 1.35 bits per heavy atom. The first-order chi connectivity index (χ1) is 9.58. The molecule has 20 heavy (non-hydrogen) atoms. The van der Waals surface area contributed by atoms with E-state index in [1.807, 2.05) is 22.8 Å². The summed E-state index contributed by atoms with van der Waals surface area (Å²) in [5.74, 6) is -0.469. The van der Waals surface area contributed by atoms with Crippen molar-refractivity contribution in [2.24, 2.45) is 5.92 Å². The Bertz CT molecular complexity index is 682. The Labute approximate surface area is 126 Å². The molecule has 0 radical (unpaired) electrons. The molecule has 3 rings (SSSR count). The monoisotopic (exact) mass is 310 g/mol. The van der Waals surface area contributed by atoms with Gasteiger partial charge in [0.25, 0.3) is 0 Å². The molecule has 4 nitrogen and oxygen atoms in total. The van der Waals surface area contributed by atoms with Crippen LogP contribution in [-0.4, -0.2) is 20.6 Å². The Kier molecular flexibility index (Phi) is 3.44. The van der Waals surface area contributed by atoms with Crippen molar-refractivity contribution in [2.75, 3.05) is 0 Å². The van der Waals surface area contributed by atoms with Gasteiger partial charge in [-0.05, 0) is 18.6 Å². The van der Waals surface area contributed by atoms with Crippen LogP contribution in [0, 0.1) is 5.92 Å². The van der Waals surface area contributed by atoms with Crippen LogP contribution in [0.4, 0.5) is 0 Å². The van der Waals surface area contributed by atoms with Gasteiger partial charge in [-0.3, -0.25) is 4.79 Å². The molecule has 0 bridgehead atoms. The number of nitrogens with zero attached hydrogens (tertiary/aromatic N) is 2. The molecule has 2 aromatic rings. The zero-order valence-corrected chi connectivity index (χ0v) is 12.0. The van der Waals surface area contributed by atoms with Gasteiger partial charge in [-0.1, -0.05) is 35.3 Å². The zero-order chi connectivity index (χ0) is 14.3. The number of imidazole rings is 1. The minimum atomic E-state index is -0.784. The van der Waals surface area contributed by atoms with Crippen molar-refractivity contribution in [1.82, 2.24) is 9.55 Å².